The third kappa shape index (κ3) is 4.83. The van der Waals surface area contributed by atoms with E-state index in [1.807, 2.05) is 0 Å². The van der Waals surface area contributed by atoms with Gasteiger partial charge in [0.25, 0.3) is 12.3 Å². The molecule has 0 atom stereocenters. The van der Waals surface area contributed by atoms with Crippen molar-refractivity contribution in [3.05, 3.63) is 50.6 Å². The lowest BCUT2D eigenvalue weighted by atomic mass is 9.90. The van der Waals surface area contributed by atoms with E-state index < -0.39 is 75.5 Å². The lowest BCUT2D eigenvalue weighted by Crippen LogP contribution is -2.27. The van der Waals surface area contributed by atoms with Crippen LogP contribution in [-0.2, 0) is 17.3 Å². The van der Waals surface area contributed by atoms with Gasteiger partial charge in [0.1, 0.15) is 18.1 Å². The molecule has 0 aliphatic rings. The highest BCUT2D eigenvalue weighted by molar-refractivity contribution is 6.02. The van der Waals surface area contributed by atoms with Gasteiger partial charge in [0, 0.05) is 0 Å². The van der Waals surface area contributed by atoms with Gasteiger partial charge in [-0.3, -0.25) is 14.9 Å². The SMILES string of the molecule is COC(=O)c1c(C(F)F)nc(C(F)(F)F)c(C(=O)n2cc([N+](=O)[O-])cn2)c1CC(C)C. The lowest BCUT2D eigenvalue weighted by molar-refractivity contribution is -0.384. The molecule has 0 unspecified atom stereocenters. The van der Waals surface area contributed by atoms with Crippen molar-refractivity contribution in [3.8, 4) is 0 Å². The van der Waals surface area contributed by atoms with Gasteiger partial charge in [-0.25, -0.2) is 18.6 Å². The van der Waals surface area contributed by atoms with Crippen LogP contribution in [0.1, 0.15) is 57.9 Å². The van der Waals surface area contributed by atoms with E-state index in [0.29, 0.717) is 12.4 Å². The molecule has 2 rings (SSSR count). The van der Waals surface area contributed by atoms with E-state index in [4.69, 9.17) is 0 Å². The van der Waals surface area contributed by atoms with Crippen LogP contribution in [0, 0.1) is 16.0 Å². The van der Waals surface area contributed by atoms with E-state index in [2.05, 4.69) is 14.8 Å². The predicted octanol–water partition coefficient (Wildman–Crippen LogP) is 3.82. The second kappa shape index (κ2) is 8.73. The number of esters is 1. The number of ether oxygens (including phenoxy) is 1. The van der Waals surface area contributed by atoms with Crippen molar-refractivity contribution in [2.75, 3.05) is 7.11 Å². The van der Waals surface area contributed by atoms with Crippen molar-refractivity contribution in [1.82, 2.24) is 14.8 Å². The fourth-order valence-corrected chi connectivity index (χ4v) is 2.82. The Kier molecular flexibility index (Phi) is 6.71. The summed E-state index contributed by atoms with van der Waals surface area (Å²) >= 11 is 0. The van der Waals surface area contributed by atoms with Crippen LogP contribution in [0.4, 0.5) is 27.6 Å². The smallest absolute Gasteiger partial charge is 0.434 e. The number of halogens is 5. The van der Waals surface area contributed by atoms with Crippen molar-refractivity contribution in [2.45, 2.75) is 32.9 Å². The molecule has 2 aromatic rings. The fourth-order valence-electron chi connectivity index (χ4n) is 2.82. The second-order valence-electron chi connectivity index (χ2n) is 6.67. The van der Waals surface area contributed by atoms with E-state index in [-0.39, 0.29) is 4.68 Å². The molecule has 0 aliphatic carbocycles. The number of aromatic nitrogens is 3. The van der Waals surface area contributed by atoms with Gasteiger partial charge < -0.3 is 4.74 Å². The molecule has 9 nitrogen and oxygen atoms in total. The number of carbonyl (C=O) groups excluding carboxylic acids is 2. The Labute approximate surface area is 171 Å². The van der Waals surface area contributed by atoms with Crippen molar-refractivity contribution >= 4 is 17.6 Å². The minimum atomic E-state index is -5.37. The van der Waals surface area contributed by atoms with Gasteiger partial charge >= 0.3 is 17.8 Å². The molecule has 0 fully saturated rings. The summed E-state index contributed by atoms with van der Waals surface area (Å²) in [5.41, 5.74) is -7.00. The van der Waals surface area contributed by atoms with E-state index in [1.165, 1.54) is 13.8 Å². The van der Waals surface area contributed by atoms with Gasteiger partial charge in [-0.1, -0.05) is 13.8 Å². The summed E-state index contributed by atoms with van der Waals surface area (Å²) in [5, 5.41) is 14.2. The Balaban J connectivity index is 2.98. The van der Waals surface area contributed by atoms with E-state index in [9.17, 15) is 41.7 Å². The van der Waals surface area contributed by atoms with Crippen LogP contribution < -0.4 is 0 Å². The number of hydrogen-bond acceptors (Lipinski definition) is 7. The van der Waals surface area contributed by atoms with Crippen LogP contribution in [0.25, 0.3) is 0 Å². The van der Waals surface area contributed by atoms with Crippen LogP contribution >= 0.6 is 0 Å². The Bertz CT molecular complexity index is 1030. The topological polar surface area (TPSA) is 117 Å². The molecule has 14 heteroatoms. The average molecular weight is 450 g/mol. The number of hydrogen-bond donors (Lipinski definition) is 0. The number of alkyl halides is 5. The Hall–Kier alpha value is -3.45. The van der Waals surface area contributed by atoms with E-state index in [1.54, 1.807) is 0 Å². The molecule has 0 saturated carbocycles. The molecule has 2 heterocycles. The van der Waals surface area contributed by atoms with Gasteiger partial charge in [-0.15, -0.1) is 0 Å². The molecular formula is C17H15F5N4O5. The molecule has 0 N–H and O–H groups in total. The third-order valence-electron chi connectivity index (χ3n) is 4.01. The number of rotatable bonds is 6. The minimum Gasteiger partial charge on any atom is -0.465 e. The first-order chi connectivity index (χ1) is 14.3. The van der Waals surface area contributed by atoms with Crippen molar-refractivity contribution < 1.29 is 41.2 Å². The first-order valence-electron chi connectivity index (χ1n) is 8.53. The summed E-state index contributed by atoms with van der Waals surface area (Å²) in [5.74, 6) is -3.43. The molecule has 0 aliphatic heterocycles. The van der Waals surface area contributed by atoms with Gasteiger partial charge in [0.15, 0.2) is 5.69 Å². The van der Waals surface area contributed by atoms with Gasteiger partial charge in [-0.2, -0.15) is 23.0 Å². The van der Waals surface area contributed by atoms with Crippen LogP contribution in [0.5, 0.6) is 0 Å². The summed E-state index contributed by atoms with van der Waals surface area (Å²) < 4.78 is 72.9. The maximum absolute atomic E-state index is 13.7. The zero-order valence-electron chi connectivity index (χ0n) is 16.2. The second-order valence-corrected chi connectivity index (χ2v) is 6.67. The monoisotopic (exact) mass is 450 g/mol. The Morgan fingerprint density at radius 3 is 2.29 bits per heavy atom. The standard InChI is InChI=1S/C17H15F5N4O5/c1-7(2)4-9-10(16(28)31-3)12(14(18)19)24-13(17(20,21)22)11(9)15(27)25-6-8(5-23-25)26(29)30/h5-7,14H,4H2,1-3H3. The average Bonchev–Trinajstić information content (AvgIpc) is 3.15. The molecule has 0 aromatic carbocycles. The molecule has 0 spiro atoms. The highest BCUT2D eigenvalue weighted by atomic mass is 19.4. The van der Waals surface area contributed by atoms with Crippen LogP contribution in [0.2, 0.25) is 0 Å². The maximum Gasteiger partial charge on any atom is 0.434 e. The number of nitro groups is 1. The predicted molar refractivity (Wildman–Crippen MR) is 92.7 cm³/mol. The number of carbonyl (C=O) groups is 2. The molecule has 0 amide bonds. The number of pyridine rings is 1. The first-order valence-corrected chi connectivity index (χ1v) is 8.53. The highest BCUT2D eigenvalue weighted by Gasteiger charge is 2.43. The molecule has 31 heavy (non-hydrogen) atoms. The van der Waals surface area contributed by atoms with E-state index in [0.717, 1.165) is 7.11 Å². The third-order valence-corrected chi connectivity index (χ3v) is 4.01. The number of methoxy groups -OCH3 is 1. The molecule has 0 saturated heterocycles. The van der Waals surface area contributed by atoms with Crippen LogP contribution in [-0.4, -0.2) is 38.7 Å². The van der Waals surface area contributed by atoms with Crippen LogP contribution in [0.3, 0.4) is 0 Å². The molecule has 0 radical (unpaired) electrons. The van der Waals surface area contributed by atoms with Crippen molar-refractivity contribution in [1.29, 1.82) is 0 Å². The molecular weight excluding hydrogens is 435 g/mol. The largest absolute Gasteiger partial charge is 0.465 e. The first kappa shape index (κ1) is 23.8. The fraction of sp³-hybridized carbons (Fsp3) is 0.412. The Morgan fingerprint density at radius 2 is 1.87 bits per heavy atom. The van der Waals surface area contributed by atoms with E-state index >= 15 is 0 Å². The van der Waals surface area contributed by atoms with Crippen molar-refractivity contribution in [3.63, 3.8) is 0 Å². The molecule has 168 valence electrons. The van der Waals surface area contributed by atoms with Crippen molar-refractivity contribution in [2.24, 2.45) is 5.92 Å². The van der Waals surface area contributed by atoms with Gasteiger partial charge in [-0.05, 0) is 17.9 Å². The van der Waals surface area contributed by atoms with Gasteiger partial charge in [0.05, 0.1) is 23.2 Å². The summed E-state index contributed by atoms with van der Waals surface area (Å²) in [6.45, 7) is 3.04. The quantitative estimate of drug-likeness (QED) is 0.284. The minimum absolute atomic E-state index is 0.247. The molecule has 0 bridgehead atoms. The van der Waals surface area contributed by atoms with Gasteiger partial charge in [0.2, 0.25) is 0 Å². The number of nitrogens with zero attached hydrogens (tertiary/aromatic N) is 4. The Morgan fingerprint density at radius 1 is 1.26 bits per heavy atom. The zero-order valence-corrected chi connectivity index (χ0v) is 16.2. The maximum atomic E-state index is 13.7. The zero-order chi connectivity index (χ0) is 23.7. The normalized spacial score (nSPS) is 11.8. The summed E-state index contributed by atoms with van der Waals surface area (Å²) in [7, 11) is 0.826. The summed E-state index contributed by atoms with van der Waals surface area (Å²) in [6.07, 6.45) is -8.18. The molecule has 2 aromatic heterocycles. The summed E-state index contributed by atoms with van der Waals surface area (Å²) in [6, 6.07) is 0. The van der Waals surface area contributed by atoms with Crippen LogP contribution in [0.15, 0.2) is 12.4 Å². The highest BCUT2D eigenvalue weighted by Crippen LogP contribution is 2.38. The summed E-state index contributed by atoms with van der Waals surface area (Å²) in [4.78, 5) is 37.9. The lowest BCUT2D eigenvalue weighted by Gasteiger charge is -2.21.